The van der Waals surface area contributed by atoms with Crippen LogP contribution in [0.3, 0.4) is 0 Å². The lowest BCUT2D eigenvalue weighted by atomic mass is 9.99. The molecule has 1 amide bonds. The van der Waals surface area contributed by atoms with E-state index in [0.717, 1.165) is 17.5 Å². The summed E-state index contributed by atoms with van der Waals surface area (Å²) < 4.78 is 0. The zero-order chi connectivity index (χ0) is 17.1. The van der Waals surface area contributed by atoms with Gasteiger partial charge in [-0.15, -0.1) is 0 Å². The van der Waals surface area contributed by atoms with Crippen LogP contribution in [0.1, 0.15) is 35.1 Å². The van der Waals surface area contributed by atoms with E-state index in [0.29, 0.717) is 5.92 Å². The average molecular weight is 328 g/mol. The highest BCUT2D eigenvalue weighted by Gasteiger charge is 2.44. The van der Waals surface area contributed by atoms with Crippen molar-refractivity contribution in [1.82, 2.24) is 10.3 Å². The van der Waals surface area contributed by atoms with Crippen LogP contribution in [0.2, 0.25) is 0 Å². The fourth-order valence-corrected chi connectivity index (χ4v) is 3.35. The average Bonchev–Trinajstić information content (AvgIpc) is 3.49. The first-order valence-corrected chi connectivity index (χ1v) is 8.63. The fourth-order valence-electron chi connectivity index (χ4n) is 3.35. The highest BCUT2D eigenvalue weighted by Crippen LogP contribution is 2.47. The normalized spacial score (nSPS) is 19.8. The Morgan fingerprint density at radius 2 is 1.60 bits per heavy atom. The molecule has 25 heavy (non-hydrogen) atoms. The van der Waals surface area contributed by atoms with E-state index in [1.54, 1.807) is 6.20 Å². The molecule has 0 saturated heterocycles. The van der Waals surface area contributed by atoms with E-state index in [9.17, 15) is 4.79 Å². The van der Waals surface area contributed by atoms with Gasteiger partial charge in [-0.05, 0) is 35.1 Å². The Hall–Kier alpha value is -2.94. The van der Waals surface area contributed by atoms with Crippen LogP contribution in [0.5, 0.6) is 0 Å². The van der Waals surface area contributed by atoms with Gasteiger partial charge in [0.2, 0.25) is 5.91 Å². The van der Waals surface area contributed by atoms with Crippen LogP contribution in [0.25, 0.3) is 0 Å². The molecule has 4 rings (SSSR count). The lowest BCUT2D eigenvalue weighted by molar-refractivity contribution is -0.122. The summed E-state index contributed by atoms with van der Waals surface area (Å²) in [5.74, 6) is 0.517. The summed E-state index contributed by atoms with van der Waals surface area (Å²) in [6.07, 6.45) is 4.49. The number of hydrogen-bond acceptors (Lipinski definition) is 2. The first kappa shape index (κ1) is 15.6. The fraction of sp³-hybridized carbons (Fsp3) is 0.182. The van der Waals surface area contributed by atoms with Crippen molar-refractivity contribution in [3.8, 4) is 0 Å². The van der Waals surface area contributed by atoms with Gasteiger partial charge in [0.1, 0.15) is 0 Å². The van der Waals surface area contributed by atoms with Crippen molar-refractivity contribution in [1.29, 1.82) is 0 Å². The van der Waals surface area contributed by atoms with E-state index in [4.69, 9.17) is 0 Å². The number of carbonyl (C=O) groups is 1. The topological polar surface area (TPSA) is 42.0 Å². The van der Waals surface area contributed by atoms with Gasteiger partial charge in [0.25, 0.3) is 0 Å². The molecule has 0 unspecified atom stereocenters. The highest BCUT2D eigenvalue weighted by molar-refractivity contribution is 5.83. The minimum absolute atomic E-state index is 0.0604. The highest BCUT2D eigenvalue weighted by atomic mass is 16.2. The Balaban J connectivity index is 1.53. The first-order chi connectivity index (χ1) is 12.3. The number of amides is 1. The van der Waals surface area contributed by atoms with Crippen LogP contribution in [-0.4, -0.2) is 10.9 Å². The van der Waals surface area contributed by atoms with Gasteiger partial charge in [-0.3, -0.25) is 9.78 Å². The van der Waals surface area contributed by atoms with Crippen molar-refractivity contribution >= 4 is 5.91 Å². The van der Waals surface area contributed by atoms with Gasteiger partial charge in [-0.1, -0.05) is 66.7 Å². The summed E-state index contributed by atoms with van der Waals surface area (Å²) in [7, 11) is 0. The molecule has 1 fully saturated rings. The van der Waals surface area contributed by atoms with Crippen molar-refractivity contribution in [2.75, 3.05) is 0 Å². The van der Waals surface area contributed by atoms with Gasteiger partial charge in [0, 0.05) is 18.3 Å². The number of nitrogens with one attached hydrogen (secondary N) is 1. The van der Waals surface area contributed by atoms with Crippen LogP contribution in [0.15, 0.2) is 85.2 Å². The molecular formula is C22H20N2O. The number of carbonyl (C=O) groups excluding carboxylic acids is 1. The Kier molecular flexibility index (Phi) is 4.30. The molecule has 1 aromatic heterocycles. The molecule has 124 valence electrons. The van der Waals surface area contributed by atoms with E-state index in [-0.39, 0.29) is 17.9 Å². The SMILES string of the molecule is O=C(N[C@H](c1ccccc1)c1cccnc1)[C@@H]1C[C@H]1c1ccccc1. The van der Waals surface area contributed by atoms with E-state index in [1.165, 1.54) is 5.56 Å². The third kappa shape index (κ3) is 3.45. The molecular weight excluding hydrogens is 308 g/mol. The number of hydrogen-bond donors (Lipinski definition) is 1. The zero-order valence-corrected chi connectivity index (χ0v) is 13.9. The molecule has 0 bridgehead atoms. The molecule has 1 heterocycles. The maximum Gasteiger partial charge on any atom is 0.224 e. The molecule has 0 spiro atoms. The lowest BCUT2D eigenvalue weighted by Gasteiger charge is -2.19. The lowest BCUT2D eigenvalue weighted by Crippen LogP contribution is -2.31. The minimum atomic E-state index is -0.167. The third-order valence-corrected chi connectivity index (χ3v) is 4.79. The molecule has 3 atom stereocenters. The molecule has 1 aliphatic carbocycles. The van der Waals surface area contributed by atoms with E-state index >= 15 is 0 Å². The number of rotatable bonds is 5. The van der Waals surface area contributed by atoms with Gasteiger partial charge in [0.05, 0.1) is 6.04 Å². The van der Waals surface area contributed by atoms with Crippen LogP contribution in [0.4, 0.5) is 0 Å². The van der Waals surface area contributed by atoms with Gasteiger partial charge in [-0.2, -0.15) is 0 Å². The standard InChI is InChI=1S/C22H20N2O/c25-22(20-14-19(20)16-8-3-1-4-9-16)24-21(17-10-5-2-6-11-17)18-12-7-13-23-15-18/h1-13,15,19-21H,14H2,(H,24,25)/t19-,20+,21+/m0/s1. The molecule has 3 heteroatoms. The molecule has 0 radical (unpaired) electrons. The second-order valence-electron chi connectivity index (χ2n) is 6.50. The number of pyridine rings is 1. The summed E-state index contributed by atoms with van der Waals surface area (Å²) in [6.45, 7) is 0. The van der Waals surface area contributed by atoms with Crippen molar-refractivity contribution in [2.45, 2.75) is 18.4 Å². The van der Waals surface area contributed by atoms with Crippen molar-refractivity contribution in [3.05, 3.63) is 102 Å². The summed E-state index contributed by atoms with van der Waals surface area (Å²) in [5.41, 5.74) is 3.32. The Morgan fingerprint density at radius 3 is 2.28 bits per heavy atom. The zero-order valence-electron chi connectivity index (χ0n) is 13.9. The van der Waals surface area contributed by atoms with E-state index < -0.39 is 0 Å². The monoisotopic (exact) mass is 328 g/mol. The number of benzene rings is 2. The smallest absolute Gasteiger partial charge is 0.224 e. The molecule has 1 N–H and O–H groups in total. The Morgan fingerprint density at radius 1 is 0.920 bits per heavy atom. The largest absolute Gasteiger partial charge is 0.345 e. The van der Waals surface area contributed by atoms with Gasteiger partial charge in [-0.25, -0.2) is 0 Å². The summed E-state index contributed by atoms with van der Waals surface area (Å²) in [6, 6.07) is 24.1. The second kappa shape index (κ2) is 6.89. The quantitative estimate of drug-likeness (QED) is 0.766. The molecule has 1 saturated carbocycles. The first-order valence-electron chi connectivity index (χ1n) is 8.63. The predicted molar refractivity (Wildman–Crippen MR) is 98.0 cm³/mol. The van der Waals surface area contributed by atoms with Crippen LogP contribution in [0, 0.1) is 5.92 Å². The van der Waals surface area contributed by atoms with Gasteiger partial charge >= 0.3 is 0 Å². The Bertz CT molecular complexity index is 794. The van der Waals surface area contributed by atoms with Crippen LogP contribution in [-0.2, 0) is 4.79 Å². The van der Waals surface area contributed by atoms with Crippen LogP contribution >= 0.6 is 0 Å². The number of aromatic nitrogens is 1. The molecule has 2 aromatic carbocycles. The summed E-state index contributed by atoms with van der Waals surface area (Å²) in [5, 5.41) is 3.23. The minimum Gasteiger partial charge on any atom is -0.345 e. The third-order valence-electron chi connectivity index (χ3n) is 4.79. The van der Waals surface area contributed by atoms with E-state index in [1.807, 2.05) is 66.9 Å². The molecule has 3 nitrogen and oxygen atoms in total. The maximum atomic E-state index is 12.8. The van der Waals surface area contributed by atoms with Gasteiger partial charge in [0.15, 0.2) is 0 Å². The predicted octanol–water partition coefficient (Wildman–Crippen LogP) is 4.09. The van der Waals surface area contributed by atoms with Crippen molar-refractivity contribution < 1.29 is 4.79 Å². The van der Waals surface area contributed by atoms with E-state index in [2.05, 4.69) is 22.4 Å². The van der Waals surface area contributed by atoms with Gasteiger partial charge < -0.3 is 5.32 Å². The van der Waals surface area contributed by atoms with Crippen molar-refractivity contribution in [3.63, 3.8) is 0 Å². The molecule has 1 aliphatic rings. The van der Waals surface area contributed by atoms with Crippen LogP contribution < -0.4 is 5.32 Å². The molecule has 0 aliphatic heterocycles. The maximum absolute atomic E-state index is 12.8. The second-order valence-corrected chi connectivity index (χ2v) is 6.50. The summed E-state index contributed by atoms with van der Waals surface area (Å²) >= 11 is 0. The Labute approximate surface area is 147 Å². The molecule has 3 aromatic rings. The summed E-state index contributed by atoms with van der Waals surface area (Å²) in [4.78, 5) is 17.0. The van der Waals surface area contributed by atoms with Crippen molar-refractivity contribution in [2.24, 2.45) is 5.92 Å². The number of nitrogens with zero attached hydrogens (tertiary/aromatic N) is 1.